The van der Waals surface area contributed by atoms with Crippen LogP contribution in [0.25, 0.3) is 11.3 Å². The minimum atomic E-state index is -2.76. The van der Waals surface area contributed by atoms with Gasteiger partial charge in [0.15, 0.2) is 5.82 Å². The van der Waals surface area contributed by atoms with E-state index in [4.69, 9.17) is 14.2 Å². The van der Waals surface area contributed by atoms with Gasteiger partial charge in [0.1, 0.15) is 6.10 Å². The molecule has 6 saturated carbocycles. The highest BCUT2D eigenvalue weighted by molar-refractivity contribution is 5.96. The van der Waals surface area contributed by atoms with E-state index in [-0.39, 0.29) is 35.7 Å². The largest absolute Gasteiger partial charge is 0.460 e. The second-order valence-corrected chi connectivity index (χ2v) is 13.5. The van der Waals surface area contributed by atoms with E-state index in [1.54, 1.807) is 11.1 Å². The maximum absolute atomic E-state index is 13.9. The number of rotatable bonds is 9. The number of benzene rings is 1. The lowest BCUT2D eigenvalue weighted by Crippen LogP contribution is -2.53. The van der Waals surface area contributed by atoms with Crippen molar-refractivity contribution >= 4 is 11.6 Å². The molecule has 42 heavy (non-hydrogen) atoms. The Morgan fingerprint density at radius 2 is 1.76 bits per heavy atom. The number of nitrogens with zero attached hydrogens (tertiary/aromatic N) is 5. The first-order valence-corrected chi connectivity index (χ1v) is 15.4. The Morgan fingerprint density at radius 3 is 2.45 bits per heavy atom. The van der Waals surface area contributed by atoms with E-state index in [2.05, 4.69) is 15.1 Å². The van der Waals surface area contributed by atoms with Crippen LogP contribution in [0.2, 0.25) is 0 Å². The van der Waals surface area contributed by atoms with Gasteiger partial charge >= 0.3 is 6.01 Å². The highest BCUT2D eigenvalue weighted by Crippen LogP contribution is 2.58. The maximum atomic E-state index is 13.9. The molecule has 220 valence electrons. The molecule has 8 nitrogen and oxygen atoms in total. The fraction of sp³-hybridized carbons (Fsp3) is 0.594. The summed E-state index contributed by atoms with van der Waals surface area (Å²) < 4.78 is 39.3. The number of amides is 1. The molecule has 1 amide bonds. The van der Waals surface area contributed by atoms with Crippen LogP contribution in [0.5, 0.6) is 6.01 Å². The highest BCUT2D eigenvalue weighted by Gasteiger charge is 2.55. The first kappa shape index (κ1) is 26.2. The van der Waals surface area contributed by atoms with Crippen molar-refractivity contribution in [3.05, 3.63) is 48.2 Å². The van der Waals surface area contributed by atoms with Gasteiger partial charge in [0, 0.05) is 54.1 Å². The lowest BCUT2D eigenvalue weighted by molar-refractivity contribution is -0.148. The molecule has 6 aliphatic rings. The summed E-state index contributed by atoms with van der Waals surface area (Å²) in [6.45, 7) is 0.518. The van der Waals surface area contributed by atoms with E-state index in [0.29, 0.717) is 24.2 Å². The van der Waals surface area contributed by atoms with Crippen molar-refractivity contribution < 1.29 is 22.8 Å². The van der Waals surface area contributed by atoms with Gasteiger partial charge < -0.3 is 14.2 Å². The minimum absolute atomic E-state index is 0.0702. The molecule has 9 rings (SSSR count). The topological polar surface area (TPSA) is 94.2 Å². The number of ether oxygens (including phenoxy) is 1. The summed E-state index contributed by atoms with van der Waals surface area (Å²) in [7, 11) is 0. The van der Waals surface area contributed by atoms with Gasteiger partial charge in [-0.25, -0.2) is 13.8 Å². The van der Waals surface area contributed by atoms with Crippen molar-refractivity contribution in [1.29, 1.82) is 0 Å². The van der Waals surface area contributed by atoms with Crippen molar-refractivity contribution in [2.75, 3.05) is 11.4 Å². The number of carbonyl (C=O) groups excluding carboxylic acids is 1. The predicted octanol–water partition coefficient (Wildman–Crippen LogP) is 6.62. The van der Waals surface area contributed by atoms with E-state index in [1.165, 1.54) is 0 Å². The summed E-state index contributed by atoms with van der Waals surface area (Å²) in [5, 5.41) is 4.28. The zero-order chi connectivity index (χ0) is 28.5. The zero-order valence-electron chi connectivity index (χ0n) is 23.6. The van der Waals surface area contributed by atoms with Crippen LogP contribution < -0.4 is 9.64 Å². The van der Waals surface area contributed by atoms with Crippen LogP contribution in [0.3, 0.4) is 0 Å². The van der Waals surface area contributed by atoms with Crippen LogP contribution in [0.15, 0.2) is 41.1 Å². The third-order valence-corrected chi connectivity index (χ3v) is 10.3. The third kappa shape index (κ3) is 4.86. The van der Waals surface area contributed by atoms with Crippen molar-refractivity contribution in [1.82, 2.24) is 20.1 Å². The molecule has 10 heteroatoms. The van der Waals surface area contributed by atoms with Gasteiger partial charge in [-0.1, -0.05) is 17.3 Å². The number of aromatic nitrogens is 4. The molecule has 1 aromatic carbocycles. The summed E-state index contributed by atoms with van der Waals surface area (Å²) >= 11 is 0. The number of hydrogen-bond acceptors (Lipinski definition) is 7. The summed E-state index contributed by atoms with van der Waals surface area (Å²) in [6.07, 6.45) is 11.0. The second-order valence-electron chi connectivity index (χ2n) is 13.5. The first-order valence-electron chi connectivity index (χ1n) is 15.4. The Bertz CT molecular complexity index is 1480. The van der Waals surface area contributed by atoms with E-state index in [9.17, 15) is 13.6 Å². The lowest BCUT2D eigenvalue weighted by atomic mass is 9.53. The molecule has 0 unspecified atom stereocenters. The molecule has 6 aliphatic carbocycles. The first-order chi connectivity index (χ1) is 20.3. The van der Waals surface area contributed by atoms with Crippen LogP contribution in [-0.2, 0) is 10.2 Å². The van der Waals surface area contributed by atoms with Crippen molar-refractivity contribution in [2.24, 2.45) is 11.3 Å². The molecular formula is C32H35F2N5O3. The Hall–Kier alpha value is -3.43. The molecule has 2 aromatic heterocycles. The number of halogens is 2. The fourth-order valence-electron chi connectivity index (χ4n) is 7.19. The van der Waals surface area contributed by atoms with E-state index < -0.39 is 11.8 Å². The molecule has 6 fully saturated rings. The zero-order valence-corrected chi connectivity index (χ0v) is 23.6. The number of carbonyl (C=O) groups is 1. The number of alkyl halides is 2. The second kappa shape index (κ2) is 9.54. The van der Waals surface area contributed by atoms with Crippen molar-refractivity contribution in [3.8, 4) is 17.3 Å². The number of fused-ring (bicyclic) bond motifs is 3. The summed E-state index contributed by atoms with van der Waals surface area (Å²) in [4.78, 5) is 29.3. The molecule has 0 spiro atoms. The Labute approximate surface area is 243 Å². The summed E-state index contributed by atoms with van der Waals surface area (Å²) in [6, 6.07) is 9.88. The number of hydrogen-bond donors (Lipinski definition) is 0. The average Bonchev–Trinajstić information content (AvgIpc) is 3.95. The SMILES string of the molecule is O=C(C1CC(F)(F)C1)N(CC12CCC(c3nc(C4CC4)no3)(CC1)CC2)c1cccc(-c2ccnc(OC3CC3)n2)c1. The summed E-state index contributed by atoms with van der Waals surface area (Å²) in [5.74, 6) is -1.54. The molecule has 3 aromatic rings. The molecular weight excluding hydrogens is 540 g/mol. The van der Waals surface area contributed by atoms with Crippen molar-refractivity contribution in [2.45, 2.75) is 100 Å². The number of anilines is 1. The van der Waals surface area contributed by atoms with Crippen molar-refractivity contribution in [3.63, 3.8) is 0 Å². The van der Waals surface area contributed by atoms with Gasteiger partial charge in [0.25, 0.3) is 0 Å². The van der Waals surface area contributed by atoms with E-state index >= 15 is 0 Å². The Balaban J connectivity index is 1.05. The smallest absolute Gasteiger partial charge is 0.317 e. The Morgan fingerprint density at radius 1 is 1.00 bits per heavy atom. The maximum Gasteiger partial charge on any atom is 0.317 e. The van der Waals surface area contributed by atoms with Gasteiger partial charge in [-0.3, -0.25) is 4.79 Å². The van der Waals surface area contributed by atoms with E-state index in [1.807, 2.05) is 30.3 Å². The van der Waals surface area contributed by atoms with Gasteiger partial charge in [-0.2, -0.15) is 9.97 Å². The molecule has 2 bridgehead atoms. The normalized spacial score (nSPS) is 28.3. The molecule has 0 saturated heterocycles. The molecule has 0 aliphatic heterocycles. The van der Waals surface area contributed by atoms with Gasteiger partial charge in [-0.05, 0) is 87.8 Å². The quantitative estimate of drug-likeness (QED) is 0.283. The molecule has 0 radical (unpaired) electrons. The minimum Gasteiger partial charge on any atom is -0.460 e. The molecule has 0 N–H and O–H groups in total. The Kier molecular flexibility index (Phi) is 5.96. The van der Waals surface area contributed by atoms with Gasteiger partial charge in [-0.15, -0.1) is 0 Å². The summed E-state index contributed by atoms with van der Waals surface area (Å²) in [5.41, 5.74) is 2.10. The highest BCUT2D eigenvalue weighted by atomic mass is 19.3. The van der Waals surface area contributed by atoms with Crippen LogP contribution in [0.4, 0.5) is 14.5 Å². The molecule has 2 heterocycles. The monoisotopic (exact) mass is 575 g/mol. The van der Waals surface area contributed by atoms with Crippen LogP contribution in [-0.4, -0.2) is 44.6 Å². The van der Waals surface area contributed by atoms with Gasteiger partial charge in [0.05, 0.1) is 5.69 Å². The standard InChI is InChI=1S/C32H35F2N5O3/c33-32(34)17-22(18-32)27(40)39(23-3-1-2-21(16-23)25-8-15-35-29(36-25)41-24-6-7-24)19-30-9-12-31(13-10-30,14-11-30)28-37-26(38-42-28)20-4-5-20/h1-3,8,15-16,20,22,24H,4-7,9-14,17-19H2. The fourth-order valence-corrected chi connectivity index (χ4v) is 7.19. The van der Waals surface area contributed by atoms with E-state index in [0.717, 1.165) is 87.2 Å². The molecule has 0 atom stereocenters. The van der Waals surface area contributed by atoms with Crippen LogP contribution >= 0.6 is 0 Å². The average molecular weight is 576 g/mol. The lowest BCUT2D eigenvalue weighted by Gasteiger charge is -2.53. The predicted molar refractivity (Wildman–Crippen MR) is 149 cm³/mol. The third-order valence-electron chi connectivity index (χ3n) is 10.3. The van der Waals surface area contributed by atoms with Gasteiger partial charge in [0.2, 0.25) is 17.7 Å². The van der Waals surface area contributed by atoms with Crippen LogP contribution in [0.1, 0.15) is 94.7 Å². The van der Waals surface area contributed by atoms with Crippen LogP contribution in [0, 0.1) is 11.3 Å².